The Bertz CT molecular complexity index is 920. The molecule has 1 aliphatic rings. The fourth-order valence-corrected chi connectivity index (χ4v) is 3.63. The fraction of sp³-hybridized carbons (Fsp3) is 0.400. The van der Waals surface area contributed by atoms with E-state index in [2.05, 4.69) is 33.3 Å². The molecule has 0 N–H and O–H groups in total. The Kier molecular flexibility index (Phi) is 4.78. The van der Waals surface area contributed by atoms with Crippen molar-refractivity contribution in [2.75, 3.05) is 0 Å². The van der Waals surface area contributed by atoms with Gasteiger partial charge in [-0.2, -0.15) is 10.4 Å². The maximum atomic E-state index is 8.75. The third-order valence-corrected chi connectivity index (χ3v) is 5.00. The minimum absolute atomic E-state index is 0.388. The van der Waals surface area contributed by atoms with Gasteiger partial charge >= 0.3 is 0 Å². The van der Waals surface area contributed by atoms with Gasteiger partial charge in [-0.05, 0) is 36.5 Å². The van der Waals surface area contributed by atoms with E-state index in [0.717, 1.165) is 11.1 Å². The van der Waals surface area contributed by atoms with Crippen LogP contribution in [0.5, 0.6) is 11.6 Å². The predicted molar refractivity (Wildman–Crippen MR) is 97.9 cm³/mol. The number of benzene rings is 1. The summed E-state index contributed by atoms with van der Waals surface area (Å²) in [7, 11) is 0. The maximum absolute atomic E-state index is 8.75. The molecule has 0 amide bonds. The number of hydrogen-bond donors (Lipinski definition) is 0. The Hall–Kier alpha value is -2.94. The van der Waals surface area contributed by atoms with Gasteiger partial charge < -0.3 is 4.74 Å². The average Bonchev–Trinajstić information content (AvgIpc) is 3.12. The molecule has 1 saturated carbocycles. The second-order valence-electron chi connectivity index (χ2n) is 6.70. The highest BCUT2D eigenvalue weighted by atomic mass is 16.5. The average molecular weight is 347 g/mol. The molecule has 132 valence electrons. The van der Waals surface area contributed by atoms with E-state index in [-0.39, 0.29) is 0 Å². The Morgan fingerprint density at radius 1 is 1.12 bits per heavy atom. The summed E-state index contributed by atoms with van der Waals surface area (Å²) in [5.41, 5.74) is 2.08. The van der Waals surface area contributed by atoms with Crippen LogP contribution in [-0.4, -0.2) is 19.7 Å². The maximum Gasteiger partial charge on any atom is 0.233 e. The molecule has 0 bridgehead atoms. The molecule has 0 radical (unpaired) electrons. The van der Waals surface area contributed by atoms with E-state index in [0.29, 0.717) is 30.4 Å². The summed E-state index contributed by atoms with van der Waals surface area (Å²) < 4.78 is 7.69. The first-order valence-corrected chi connectivity index (χ1v) is 9.16. The van der Waals surface area contributed by atoms with Gasteiger partial charge in [0.2, 0.25) is 5.88 Å². The fourth-order valence-electron chi connectivity index (χ4n) is 3.63. The molecule has 6 heteroatoms. The van der Waals surface area contributed by atoms with E-state index in [1.165, 1.54) is 44.0 Å². The first-order valence-electron chi connectivity index (χ1n) is 9.16. The zero-order valence-electron chi connectivity index (χ0n) is 14.6. The molecular formula is C20H21N5O. The summed E-state index contributed by atoms with van der Waals surface area (Å²) in [5.74, 6) is 1.93. The summed E-state index contributed by atoms with van der Waals surface area (Å²) in [4.78, 5) is 8.53. The lowest BCUT2D eigenvalue weighted by Gasteiger charge is -2.22. The first kappa shape index (κ1) is 16.5. The molecule has 2 heterocycles. The van der Waals surface area contributed by atoms with Crippen molar-refractivity contribution >= 4 is 11.0 Å². The topological polar surface area (TPSA) is 76.6 Å². The number of aryl methyl sites for hydroxylation is 1. The van der Waals surface area contributed by atoms with Crippen molar-refractivity contribution in [3.05, 3.63) is 42.4 Å². The van der Waals surface area contributed by atoms with Gasteiger partial charge in [0.25, 0.3) is 0 Å². The molecule has 3 aromatic rings. The van der Waals surface area contributed by atoms with Gasteiger partial charge in [-0.15, -0.1) is 0 Å². The quantitative estimate of drug-likeness (QED) is 0.675. The lowest BCUT2D eigenvalue weighted by molar-refractivity contribution is 0.441. The summed E-state index contributed by atoms with van der Waals surface area (Å²) in [6.45, 7) is 0.506. The van der Waals surface area contributed by atoms with E-state index in [1.54, 1.807) is 10.9 Å². The highest BCUT2D eigenvalue weighted by Crippen LogP contribution is 2.34. The van der Waals surface area contributed by atoms with Crippen LogP contribution in [0.15, 0.2) is 36.8 Å². The lowest BCUT2D eigenvalue weighted by atomic mass is 9.84. The minimum atomic E-state index is 0.388. The Morgan fingerprint density at radius 2 is 1.92 bits per heavy atom. The van der Waals surface area contributed by atoms with Gasteiger partial charge in [-0.3, -0.25) is 0 Å². The number of nitrogens with zero attached hydrogens (tertiary/aromatic N) is 5. The first-order chi connectivity index (χ1) is 12.8. The third kappa shape index (κ3) is 3.38. The summed E-state index contributed by atoms with van der Waals surface area (Å²) >= 11 is 0. The lowest BCUT2D eigenvalue weighted by Crippen LogP contribution is -2.04. The molecule has 26 heavy (non-hydrogen) atoms. The summed E-state index contributed by atoms with van der Waals surface area (Å²) in [5, 5.41) is 13.8. The van der Waals surface area contributed by atoms with E-state index >= 15 is 0 Å². The van der Waals surface area contributed by atoms with E-state index < -0.39 is 0 Å². The monoisotopic (exact) mass is 347 g/mol. The van der Waals surface area contributed by atoms with Crippen LogP contribution in [0.2, 0.25) is 0 Å². The SMILES string of the molecule is N#CCCn1ncc2c(Oc3ccc(C4CCCCC4)cc3)ncnc21. The Balaban J connectivity index is 1.53. The van der Waals surface area contributed by atoms with Crippen molar-refractivity contribution < 1.29 is 4.74 Å². The molecule has 0 unspecified atom stereocenters. The molecule has 1 aromatic carbocycles. The summed E-state index contributed by atoms with van der Waals surface area (Å²) in [6, 6.07) is 10.5. The zero-order valence-corrected chi connectivity index (χ0v) is 14.6. The number of hydrogen-bond acceptors (Lipinski definition) is 5. The molecule has 1 fully saturated rings. The minimum Gasteiger partial charge on any atom is -0.438 e. The van der Waals surface area contributed by atoms with E-state index in [4.69, 9.17) is 10.00 Å². The molecule has 0 spiro atoms. The van der Waals surface area contributed by atoms with Crippen LogP contribution in [0, 0.1) is 11.3 Å². The standard InChI is InChI=1S/C20H21N5O/c21-11-4-12-25-19-18(13-24-25)20(23-14-22-19)26-17-9-7-16(8-10-17)15-5-2-1-3-6-15/h7-10,13-15H,1-6,12H2. The molecule has 6 nitrogen and oxygen atoms in total. The highest BCUT2D eigenvalue weighted by molar-refractivity contribution is 5.80. The molecule has 2 aromatic heterocycles. The van der Waals surface area contributed by atoms with E-state index in [9.17, 15) is 0 Å². The van der Waals surface area contributed by atoms with Crippen LogP contribution in [0.1, 0.15) is 50.0 Å². The van der Waals surface area contributed by atoms with Crippen LogP contribution in [0.25, 0.3) is 11.0 Å². The largest absolute Gasteiger partial charge is 0.438 e. The second-order valence-corrected chi connectivity index (χ2v) is 6.70. The summed E-state index contributed by atoms with van der Waals surface area (Å²) in [6.07, 6.45) is 10.2. The van der Waals surface area contributed by atoms with Crippen molar-refractivity contribution in [3.8, 4) is 17.7 Å². The Labute approximate surface area is 152 Å². The predicted octanol–water partition coefficient (Wildman–Crippen LogP) is 4.58. The number of ether oxygens (including phenoxy) is 1. The highest BCUT2D eigenvalue weighted by Gasteiger charge is 2.16. The van der Waals surface area contributed by atoms with Crippen molar-refractivity contribution in [1.82, 2.24) is 19.7 Å². The van der Waals surface area contributed by atoms with Crippen LogP contribution >= 0.6 is 0 Å². The third-order valence-electron chi connectivity index (χ3n) is 5.00. The number of fused-ring (bicyclic) bond motifs is 1. The van der Waals surface area contributed by atoms with Crippen molar-refractivity contribution in [2.45, 2.75) is 51.0 Å². The molecule has 1 aliphatic carbocycles. The second kappa shape index (κ2) is 7.52. The number of rotatable bonds is 5. The zero-order chi connectivity index (χ0) is 17.8. The van der Waals surface area contributed by atoms with Crippen molar-refractivity contribution in [3.63, 3.8) is 0 Å². The molecular weight excluding hydrogens is 326 g/mol. The van der Waals surface area contributed by atoms with Crippen LogP contribution in [0.4, 0.5) is 0 Å². The molecule has 4 rings (SSSR count). The van der Waals surface area contributed by atoms with Crippen LogP contribution in [-0.2, 0) is 6.54 Å². The molecule has 0 saturated heterocycles. The van der Waals surface area contributed by atoms with Crippen LogP contribution < -0.4 is 4.74 Å². The number of aromatic nitrogens is 4. The van der Waals surface area contributed by atoms with E-state index in [1.807, 2.05) is 12.1 Å². The van der Waals surface area contributed by atoms with Gasteiger partial charge in [0.1, 0.15) is 17.5 Å². The van der Waals surface area contributed by atoms with Crippen LogP contribution in [0.3, 0.4) is 0 Å². The molecule has 0 aliphatic heterocycles. The van der Waals surface area contributed by atoms with Gasteiger partial charge in [-0.25, -0.2) is 14.6 Å². The van der Waals surface area contributed by atoms with Gasteiger partial charge in [0, 0.05) is 0 Å². The normalized spacial score (nSPS) is 15.0. The Morgan fingerprint density at radius 3 is 2.69 bits per heavy atom. The smallest absolute Gasteiger partial charge is 0.233 e. The number of nitriles is 1. The van der Waals surface area contributed by atoms with Gasteiger partial charge in [-0.1, -0.05) is 31.4 Å². The van der Waals surface area contributed by atoms with Gasteiger partial charge in [0.05, 0.1) is 25.2 Å². The molecule has 0 atom stereocenters. The van der Waals surface area contributed by atoms with Crippen molar-refractivity contribution in [2.24, 2.45) is 0 Å². The van der Waals surface area contributed by atoms with Crippen molar-refractivity contribution in [1.29, 1.82) is 5.26 Å². The van der Waals surface area contributed by atoms with Gasteiger partial charge in [0.15, 0.2) is 5.65 Å².